The largest absolute Gasteiger partial charge is 0.494 e. The lowest BCUT2D eigenvalue weighted by Crippen LogP contribution is -2.46. The summed E-state index contributed by atoms with van der Waals surface area (Å²) in [4.78, 5) is 29.9. The summed E-state index contributed by atoms with van der Waals surface area (Å²) in [6, 6.07) is 12.4. The van der Waals surface area contributed by atoms with Gasteiger partial charge in [-0.25, -0.2) is 4.79 Å². The lowest BCUT2D eigenvalue weighted by molar-refractivity contribution is 0.0526. The minimum atomic E-state index is -0.400. The van der Waals surface area contributed by atoms with Crippen LogP contribution in [0, 0.1) is 0 Å². The average Bonchev–Trinajstić information content (AvgIpc) is 2.83. The molecule has 0 aromatic heterocycles. The van der Waals surface area contributed by atoms with Gasteiger partial charge in [-0.2, -0.15) is 0 Å². The number of ether oxygens (including phenoxy) is 2. The van der Waals surface area contributed by atoms with Crippen LogP contribution >= 0.6 is 0 Å². The maximum absolute atomic E-state index is 13.0. The van der Waals surface area contributed by atoms with E-state index in [1.54, 1.807) is 43.3 Å². The first-order chi connectivity index (χ1) is 15.5. The number of hydrogen-bond donors (Lipinski definition) is 1. The standard InChI is InChI=1S/C25H33N3O4/c1-4-17-32-21-10-7-19(8-11-21)24(29)26-22-18-20(25(30)31-6-3)9-12-23(22)28-15-13-27(5-2)14-16-28/h7-12,18H,4-6,13-17H2,1-3H3,(H,26,29). The number of esters is 1. The van der Waals surface area contributed by atoms with Crippen molar-refractivity contribution in [3.8, 4) is 5.75 Å². The fourth-order valence-corrected chi connectivity index (χ4v) is 3.68. The third-order valence-electron chi connectivity index (χ3n) is 5.51. The Labute approximate surface area is 190 Å². The molecule has 1 N–H and O–H groups in total. The fourth-order valence-electron chi connectivity index (χ4n) is 3.68. The van der Waals surface area contributed by atoms with Crippen LogP contribution in [-0.2, 0) is 4.74 Å². The van der Waals surface area contributed by atoms with Crippen molar-refractivity contribution in [1.29, 1.82) is 0 Å². The van der Waals surface area contributed by atoms with Crippen LogP contribution in [0.4, 0.5) is 11.4 Å². The van der Waals surface area contributed by atoms with Gasteiger partial charge < -0.3 is 24.6 Å². The SMILES string of the molecule is CCCOc1ccc(C(=O)Nc2cc(C(=O)OCC)ccc2N2CCN(CC)CC2)cc1. The topological polar surface area (TPSA) is 71.1 Å². The molecule has 1 fully saturated rings. The number of nitrogens with one attached hydrogen (secondary N) is 1. The molecule has 1 amide bonds. The molecule has 1 heterocycles. The number of carbonyl (C=O) groups excluding carboxylic acids is 2. The Morgan fingerprint density at radius 3 is 2.25 bits per heavy atom. The van der Waals surface area contributed by atoms with E-state index < -0.39 is 5.97 Å². The number of likely N-dealkylation sites (N-methyl/N-ethyl adjacent to an activating group) is 1. The van der Waals surface area contributed by atoms with Crippen molar-refractivity contribution >= 4 is 23.3 Å². The summed E-state index contributed by atoms with van der Waals surface area (Å²) >= 11 is 0. The maximum Gasteiger partial charge on any atom is 0.338 e. The summed E-state index contributed by atoms with van der Waals surface area (Å²) in [6.45, 7) is 11.6. The first-order valence-electron chi connectivity index (χ1n) is 11.4. The quantitative estimate of drug-likeness (QED) is 0.595. The number of amides is 1. The van der Waals surface area contributed by atoms with Crippen LogP contribution in [0.15, 0.2) is 42.5 Å². The molecule has 172 valence electrons. The van der Waals surface area contributed by atoms with Crippen molar-refractivity contribution in [3.05, 3.63) is 53.6 Å². The second-order valence-corrected chi connectivity index (χ2v) is 7.70. The van der Waals surface area contributed by atoms with Gasteiger partial charge in [-0.1, -0.05) is 13.8 Å². The zero-order valence-electron chi connectivity index (χ0n) is 19.2. The first-order valence-corrected chi connectivity index (χ1v) is 11.4. The van der Waals surface area contributed by atoms with Gasteiger partial charge in [-0.05, 0) is 62.4 Å². The Kier molecular flexibility index (Phi) is 8.50. The van der Waals surface area contributed by atoms with Crippen molar-refractivity contribution in [3.63, 3.8) is 0 Å². The van der Waals surface area contributed by atoms with E-state index in [0.717, 1.165) is 50.6 Å². The van der Waals surface area contributed by atoms with Gasteiger partial charge in [0.2, 0.25) is 0 Å². The van der Waals surface area contributed by atoms with Crippen LogP contribution in [-0.4, -0.2) is 62.7 Å². The molecule has 1 aliphatic heterocycles. The molecule has 7 nitrogen and oxygen atoms in total. The summed E-state index contributed by atoms with van der Waals surface area (Å²) in [7, 11) is 0. The number of nitrogens with zero attached hydrogens (tertiary/aromatic N) is 2. The van der Waals surface area contributed by atoms with Crippen molar-refractivity contribution in [2.75, 3.05) is 56.2 Å². The summed E-state index contributed by atoms with van der Waals surface area (Å²) in [5.41, 5.74) is 2.46. The number of benzene rings is 2. The Balaban J connectivity index is 1.82. The third-order valence-corrected chi connectivity index (χ3v) is 5.51. The van der Waals surface area contributed by atoms with Crippen LogP contribution in [0.25, 0.3) is 0 Å². The molecule has 0 bridgehead atoms. The van der Waals surface area contributed by atoms with Crippen LogP contribution in [0.1, 0.15) is 47.9 Å². The molecule has 0 atom stereocenters. The van der Waals surface area contributed by atoms with Gasteiger partial charge in [-0.3, -0.25) is 4.79 Å². The predicted molar refractivity (Wildman–Crippen MR) is 127 cm³/mol. The van der Waals surface area contributed by atoms with E-state index in [9.17, 15) is 9.59 Å². The predicted octanol–water partition coefficient (Wildman–Crippen LogP) is 4.05. The maximum atomic E-state index is 13.0. The summed E-state index contributed by atoms with van der Waals surface area (Å²) in [6.07, 6.45) is 0.925. The molecule has 2 aromatic rings. The average molecular weight is 440 g/mol. The van der Waals surface area contributed by atoms with E-state index in [2.05, 4.69) is 22.0 Å². The number of rotatable bonds is 9. The summed E-state index contributed by atoms with van der Waals surface area (Å²) in [5, 5.41) is 3.01. The van der Waals surface area contributed by atoms with Crippen LogP contribution in [0.2, 0.25) is 0 Å². The van der Waals surface area contributed by atoms with E-state index in [4.69, 9.17) is 9.47 Å². The van der Waals surface area contributed by atoms with E-state index in [0.29, 0.717) is 30.0 Å². The molecule has 0 saturated carbocycles. The third kappa shape index (κ3) is 6.01. The second kappa shape index (κ2) is 11.5. The highest BCUT2D eigenvalue weighted by Gasteiger charge is 2.21. The van der Waals surface area contributed by atoms with Crippen LogP contribution in [0.3, 0.4) is 0 Å². The Morgan fingerprint density at radius 2 is 1.62 bits per heavy atom. The molecule has 7 heteroatoms. The van der Waals surface area contributed by atoms with Crippen molar-refractivity contribution in [1.82, 2.24) is 4.90 Å². The lowest BCUT2D eigenvalue weighted by atomic mass is 10.1. The Morgan fingerprint density at radius 1 is 0.938 bits per heavy atom. The normalized spacial score (nSPS) is 14.2. The van der Waals surface area contributed by atoms with E-state index >= 15 is 0 Å². The molecular weight excluding hydrogens is 406 g/mol. The van der Waals surface area contributed by atoms with Gasteiger partial charge in [0.1, 0.15) is 5.75 Å². The number of hydrogen-bond acceptors (Lipinski definition) is 6. The minimum absolute atomic E-state index is 0.235. The van der Waals surface area contributed by atoms with Crippen molar-refractivity contribution in [2.45, 2.75) is 27.2 Å². The van der Waals surface area contributed by atoms with E-state index in [1.165, 1.54) is 0 Å². The lowest BCUT2D eigenvalue weighted by Gasteiger charge is -2.36. The van der Waals surface area contributed by atoms with E-state index in [1.807, 2.05) is 13.0 Å². The van der Waals surface area contributed by atoms with E-state index in [-0.39, 0.29) is 5.91 Å². The monoisotopic (exact) mass is 439 g/mol. The molecule has 0 radical (unpaired) electrons. The van der Waals surface area contributed by atoms with Gasteiger partial charge in [0.25, 0.3) is 5.91 Å². The zero-order chi connectivity index (χ0) is 22.9. The van der Waals surface area contributed by atoms with Gasteiger partial charge in [0.05, 0.1) is 30.2 Å². The minimum Gasteiger partial charge on any atom is -0.494 e. The highest BCUT2D eigenvalue weighted by molar-refractivity contribution is 6.07. The molecule has 3 rings (SSSR count). The number of anilines is 2. The van der Waals surface area contributed by atoms with Gasteiger partial charge in [-0.15, -0.1) is 0 Å². The molecule has 1 aliphatic rings. The highest BCUT2D eigenvalue weighted by atomic mass is 16.5. The van der Waals surface area contributed by atoms with Crippen LogP contribution < -0.4 is 15.0 Å². The van der Waals surface area contributed by atoms with Gasteiger partial charge >= 0.3 is 5.97 Å². The molecule has 2 aromatic carbocycles. The molecular formula is C25H33N3O4. The molecule has 1 saturated heterocycles. The smallest absolute Gasteiger partial charge is 0.338 e. The van der Waals surface area contributed by atoms with Gasteiger partial charge in [0, 0.05) is 31.7 Å². The zero-order valence-corrected chi connectivity index (χ0v) is 19.2. The van der Waals surface area contributed by atoms with Crippen molar-refractivity contribution in [2.24, 2.45) is 0 Å². The molecule has 0 aliphatic carbocycles. The van der Waals surface area contributed by atoms with Crippen LogP contribution in [0.5, 0.6) is 5.75 Å². The Hall–Kier alpha value is -3.06. The highest BCUT2D eigenvalue weighted by Crippen LogP contribution is 2.29. The second-order valence-electron chi connectivity index (χ2n) is 7.70. The van der Waals surface area contributed by atoms with Crippen molar-refractivity contribution < 1.29 is 19.1 Å². The summed E-state index contributed by atoms with van der Waals surface area (Å²) < 4.78 is 10.7. The first kappa shape index (κ1) is 23.6. The fraction of sp³-hybridized carbons (Fsp3) is 0.440. The molecule has 0 unspecified atom stereocenters. The molecule has 32 heavy (non-hydrogen) atoms. The molecule has 0 spiro atoms. The number of carbonyl (C=O) groups is 2. The van der Waals surface area contributed by atoms with Gasteiger partial charge in [0.15, 0.2) is 0 Å². The Bertz CT molecular complexity index is 906. The number of piperazine rings is 1. The summed E-state index contributed by atoms with van der Waals surface area (Å²) in [5.74, 6) is 0.103.